The van der Waals surface area contributed by atoms with E-state index in [0.29, 0.717) is 5.17 Å². The SMILES string of the molecule is Cc1ccc(N=C2NC(=O)[C@H](CC(=O)Nc3ccc(C)cc3C)S2)cc1. The van der Waals surface area contributed by atoms with E-state index in [9.17, 15) is 9.59 Å². The zero-order chi connectivity index (χ0) is 18.7. The molecule has 134 valence electrons. The van der Waals surface area contributed by atoms with Crippen molar-refractivity contribution in [1.29, 1.82) is 0 Å². The molecule has 0 aliphatic carbocycles. The van der Waals surface area contributed by atoms with Crippen LogP contribution >= 0.6 is 11.8 Å². The first-order valence-corrected chi connectivity index (χ1v) is 9.28. The number of aryl methyl sites for hydroxylation is 3. The monoisotopic (exact) mass is 367 g/mol. The summed E-state index contributed by atoms with van der Waals surface area (Å²) in [4.78, 5) is 28.9. The van der Waals surface area contributed by atoms with Crippen LogP contribution in [0.15, 0.2) is 47.5 Å². The van der Waals surface area contributed by atoms with Crippen LogP contribution in [0.2, 0.25) is 0 Å². The van der Waals surface area contributed by atoms with Gasteiger partial charge in [-0.3, -0.25) is 9.59 Å². The first-order valence-electron chi connectivity index (χ1n) is 8.41. The Morgan fingerprint density at radius 3 is 2.50 bits per heavy atom. The van der Waals surface area contributed by atoms with Crippen LogP contribution in [0.1, 0.15) is 23.1 Å². The fourth-order valence-corrected chi connectivity index (χ4v) is 3.64. The zero-order valence-corrected chi connectivity index (χ0v) is 15.8. The summed E-state index contributed by atoms with van der Waals surface area (Å²) in [6.07, 6.45) is 0.108. The number of hydrogen-bond donors (Lipinski definition) is 2. The van der Waals surface area contributed by atoms with E-state index in [0.717, 1.165) is 28.1 Å². The van der Waals surface area contributed by atoms with Gasteiger partial charge >= 0.3 is 0 Å². The van der Waals surface area contributed by atoms with Crippen molar-refractivity contribution < 1.29 is 9.59 Å². The van der Waals surface area contributed by atoms with Gasteiger partial charge in [-0.1, -0.05) is 47.2 Å². The lowest BCUT2D eigenvalue weighted by Gasteiger charge is -2.10. The number of rotatable bonds is 4. The largest absolute Gasteiger partial charge is 0.326 e. The van der Waals surface area contributed by atoms with Gasteiger partial charge in [-0.15, -0.1) is 0 Å². The van der Waals surface area contributed by atoms with Crippen LogP contribution < -0.4 is 10.6 Å². The topological polar surface area (TPSA) is 70.6 Å². The van der Waals surface area contributed by atoms with Crippen molar-refractivity contribution in [3.05, 3.63) is 59.2 Å². The number of aliphatic imine (C=N–C) groups is 1. The summed E-state index contributed by atoms with van der Waals surface area (Å²) >= 11 is 1.29. The highest BCUT2D eigenvalue weighted by atomic mass is 32.2. The van der Waals surface area contributed by atoms with Gasteiger partial charge < -0.3 is 10.6 Å². The second-order valence-electron chi connectivity index (χ2n) is 6.42. The summed E-state index contributed by atoms with van der Waals surface area (Å²) in [5.74, 6) is -0.363. The van der Waals surface area contributed by atoms with Crippen LogP contribution in [0.4, 0.5) is 11.4 Å². The van der Waals surface area contributed by atoms with Crippen LogP contribution in [0.3, 0.4) is 0 Å². The molecule has 1 fully saturated rings. The van der Waals surface area contributed by atoms with E-state index < -0.39 is 5.25 Å². The molecule has 2 N–H and O–H groups in total. The molecule has 1 aliphatic rings. The molecule has 26 heavy (non-hydrogen) atoms. The minimum Gasteiger partial charge on any atom is -0.326 e. The lowest BCUT2D eigenvalue weighted by Crippen LogP contribution is -2.28. The molecule has 0 radical (unpaired) electrons. The molecule has 1 heterocycles. The predicted octanol–water partition coefficient (Wildman–Crippen LogP) is 3.86. The summed E-state index contributed by atoms with van der Waals surface area (Å²) in [5.41, 5.74) is 4.85. The van der Waals surface area contributed by atoms with Crippen LogP contribution in [-0.2, 0) is 9.59 Å². The number of amidine groups is 1. The van der Waals surface area contributed by atoms with Crippen molar-refractivity contribution >= 4 is 40.1 Å². The third kappa shape index (κ3) is 4.52. The zero-order valence-electron chi connectivity index (χ0n) is 15.0. The van der Waals surface area contributed by atoms with Crippen LogP contribution in [-0.4, -0.2) is 22.2 Å². The number of carbonyl (C=O) groups is 2. The normalized spacial score (nSPS) is 18.0. The Morgan fingerprint density at radius 2 is 1.81 bits per heavy atom. The molecule has 0 spiro atoms. The molecule has 2 aromatic rings. The lowest BCUT2D eigenvalue weighted by atomic mass is 10.1. The second kappa shape index (κ2) is 7.74. The van der Waals surface area contributed by atoms with Gasteiger partial charge in [0.15, 0.2) is 5.17 Å². The molecule has 3 rings (SSSR count). The molecule has 0 aromatic heterocycles. The number of thioether (sulfide) groups is 1. The average molecular weight is 367 g/mol. The number of amides is 2. The van der Waals surface area contributed by atoms with Gasteiger partial charge in [-0.05, 0) is 44.5 Å². The Kier molecular flexibility index (Phi) is 5.42. The molecule has 6 heteroatoms. The van der Waals surface area contributed by atoms with Crippen LogP contribution in [0.25, 0.3) is 0 Å². The quantitative estimate of drug-likeness (QED) is 0.862. The summed E-state index contributed by atoms with van der Waals surface area (Å²) in [6.45, 7) is 5.96. The number of carbonyl (C=O) groups excluding carboxylic acids is 2. The number of anilines is 1. The molecular weight excluding hydrogens is 346 g/mol. The minimum atomic E-state index is -0.468. The first-order chi connectivity index (χ1) is 12.4. The smallest absolute Gasteiger partial charge is 0.240 e. The summed E-state index contributed by atoms with van der Waals surface area (Å²) in [7, 11) is 0. The molecule has 1 saturated heterocycles. The number of nitrogens with zero attached hydrogens (tertiary/aromatic N) is 1. The van der Waals surface area contributed by atoms with Crippen molar-refractivity contribution in [2.24, 2.45) is 4.99 Å². The molecule has 0 bridgehead atoms. The van der Waals surface area contributed by atoms with Crippen LogP contribution in [0, 0.1) is 20.8 Å². The van der Waals surface area contributed by atoms with E-state index in [1.54, 1.807) is 0 Å². The van der Waals surface area contributed by atoms with Gasteiger partial charge in [0.25, 0.3) is 0 Å². The number of benzene rings is 2. The summed E-state index contributed by atoms with van der Waals surface area (Å²) in [5, 5.41) is 5.70. The van der Waals surface area contributed by atoms with Crippen molar-refractivity contribution in [3.8, 4) is 0 Å². The van der Waals surface area contributed by atoms with Gasteiger partial charge in [-0.25, -0.2) is 4.99 Å². The van der Waals surface area contributed by atoms with Gasteiger partial charge in [0.05, 0.1) is 5.69 Å². The van der Waals surface area contributed by atoms with Gasteiger partial charge in [0.1, 0.15) is 5.25 Å². The van der Waals surface area contributed by atoms with E-state index in [1.165, 1.54) is 11.8 Å². The minimum absolute atomic E-state index is 0.108. The maximum atomic E-state index is 12.3. The molecule has 0 unspecified atom stereocenters. The Morgan fingerprint density at radius 1 is 1.12 bits per heavy atom. The fraction of sp³-hybridized carbons (Fsp3) is 0.250. The van der Waals surface area contributed by atoms with Gasteiger partial charge in [0, 0.05) is 12.1 Å². The highest BCUT2D eigenvalue weighted by molar-refractivity contribution is 8.15. The van der Waals surface area contributed by atoms with E-state index in [4.69, 9.17) is 0 Å². The van der Waals surface area contributed by atoms with Crippen molar-refractivity contribution in [2.45, 2.75) is 32.4 Å². The Bertz CT molecular complexity index is 875. The van der Waals surface area contributed by atoms with Crippen molar-refractivity contribution in [3.63, 3.8) is 0 Å². The van der Waals surface area contributed by atoms with E-state index >= 15 is 0 Å². The van der Waals surface area contributed by atoms with Crippen LogP contribution in [0.5, 0.6) is 0 Å². The third-order valence-electron chi connectivity index (χ3n) is 4.07. The molecule has 1 atom stereocenters. The molecule has 2 aromatic carbocycles. The molecular formula is C20H21N3O2S. The lowest BCUT2D eigenvalue weighted by molar-refractivity contribution is -0.122. The predicted molar refractivity (Wildman–Crippen MR) is 107 cm³/mol. The molecule has 1 aliphatic heterocycles. The molecule has 2 amide bonds. The van der Waals surface area contributed by atoms with E-state index in [-0.39, 0.29) is 18.2 Å². The second-order valence-corrected chi connectivity index (χ2v) is 7.61. The van der Waals surface area contributed by atoms with Gasteiger partial charge in [0.2, 0.25) is 11.8 Å². The summed E-state index contributed by atoms with van der Waals surface area (Å²) < 4.78 is 0. The number of nitrogens with one attached hydrogen (secondary N) is 2. The number of hydrogen-bond acceptors (Lipinski definition) is 4. The Balaban J connectivity index is 1.62. The maximum absolute atomic E-state index is 12.3. The summed E-state index contributed by atoms with van der Waals surface area (Å²) in [6, 6.07) is 13.6. The van der Waals surface area contributed by atoms with E-state index in [2.05, 4.69) is 15.6 Å². The van der Waals surface area contributed by atoms with Gasteiger partial charge in [-0.2, -0.15) is 0 Å². The van der Waals surface area contributed by atoms with Crippen molar-refractivity contribution in [2.75, 3.05) is 5.32 Å². The standard InChI is InChI=1S/C20H21N3O2S/c1-12-4-7-15(8-5-12)21-20-23-19(25)17(26-20)11-18(24)22-16-9-6-13(2)10-14(16)3/h4-10,17H,11H2,1-3H3,(H,22,24)(H,21,23,25)/t17-/m0/s1. The average Bonchev–Trinajstić information content (AvgIpc) is 2.91. The Hall–Kier alpha value is -2.60. The highest BCUT2D eigenvalue weighted by Gasteiger charge is 2.32. The highest BCUT2D eigenvalue weighted by Crippen LogP contribution is 2.26. The molecule has 0 saturated carbocycles. The third-order valence-corrected chi connectivity index (χ3v) is 5.15. The first kappa shape index (κ1) is 18.2. The van der Waals surface area contributed by atoms with E-state index in [1.807, 2.05) is 63.2 Å². The molecule has 5 nitrogen and oxygen atoms in total. The van der Waals surface area contributed by atoms with Crippen molar-refractivity contribution in [1.82, 2.24) is 5.32 Å². The maximum Gasteiger partial charge on any atom is 0.240 e. The fourth-order valence-electron chi connectivity index (χ4n) is 2.65. The Labute approximate surface area is 157 Å².